The summed E-state index contributed by atoms with van der Waals surface area (Å²) in [6.07, 6.45) is 9.29. The van der Waals surface area contributed by atoms with Crippen LogP contribution in [0.5, 0.6) is 0 Å². The van der Waals surface area contributed by atoms with Crippen LogP contribution >= 0.6 is 11.6 Å². The SMILES string of the molecule is CC1CCC(n2cnc(CCl)c2)CC1. The molecule has 1 aromatic heterocycles. The first-order valence-electron chi connectivity index (χ1n) is 5.38. The average molecular weight is 213 g/mol. The molecule has 0 radical (unpaired) electrons. The Hall–Kier alpha value is -0.500. The Morgan fingerprint density at radius 1 is 1.43 bits per heavy atom. The first-order chi connectivity index (χ1) is 6.79. The normalized spacial score (nSPS) is 27.9. The zero-order valence-electron chi connectivity index (χ0n) is 8.62. The van der Waals surface area contributed by atoms with Crippen LogP contribution in [0.15, 0.2) is 12.5 Å². The lowest BCUT2D eigenvalue weighted by Crippen LogP contribution is -2.15. The predicted octanol–water partition coefficient (Wildman–Crippen LogP) is 3.37. The molecule has 0 N–H and O–H groups in total. The van der Waals surface area contributed by atoms with E-state index >= 15 is 0 Å². The molecule has 2 nitrogen and oxygen atoms in total. The number of hydrogen-bond acceptors (Lipinski definition) is 1. The highest BCUT2D eigenvalue weighted by Gasteiger charge is 2.19. The van der Waals surface area contributed by atoms with Crippen molar-refractivity contribution in [3.8, 4) is 0 Å². The van der Waals surface area contributed by atoms with Crippen molar-refractivity contribution in [3.63, 3.8) is 0 Å². The van der Waals surface area contributed by atoms with Crippen LogP contribution in [0.1, 0.15) is 44.3 Å². The van der Waals surface area contributed by atoms with Gasteiger partial charge in [-0.05, 0) is 31.6 Å². The summed E-state index contributed by atoms with van der Waals surface area (Å²) in [5, 5.41) is 0. The van der Waals surface area contributed by atoms with E-state index in [1.807, 2.05) is 6.33 Å². The molecule has 0 amide bonds. The molecule has 1 aliphatic carbocycles. The summed E-state index contributed by atoms with van der Waals surface area (Å²) >= 11 is 5.73. The van der Waals surface area contributed by atoms with E-state index in [0.29, 0.717) is 11.9 Å². The van der Waals surface area contributed by atoms with Gasteiger partial charge in [0.2, 0.25) is 0 Å². The summed E-state index contributed by atoms with van der Waals surface area (Å²) < 4.78 is 2.24. The molecule has 78 valence electrons. The first kappa shape index (κ1) is 10.0. The number of imidazole rings is 1. The summed E-state index contributed by atoms with van der Waals surface area (Å²) in [5.41, 5.74) is 0.991. The van der Waals surface area contributed by atoms with Gasteiger partial charge in [-0.1, -0.05) is 6.92 Å². The van der Waals surface area contributed by atoms with Gasteiger partial charge in [-0.3, -0.25) is 0 Å². The van der Waals surface area contributed by atoms with Gasteiger partial charge in [0.1, 0.15) is 0 Å². The lowest BCUT2D eigenvalue weighted by Gasteiger charge is -2.26. The number of hydrogen-bond donors (Lipinski definition) is 0. The van der Waals surface area contributed by atoms with Crippen LogP contribution in [0, 0.1) is 5.92 Å². The molecule has 1 fully saturated rings. The number of alkyl halides is 1. The molecule has 14 heavy (non-hydrogen) atoms. The van der Waals surface area contributed by atoms with E-state index in [1.54, 1.807) is 0 Å². The van der Waals surface area contributed by atoms with Crippen molar-refractivity contribution in [2.24, 2.45) is 5.92 Å². The lowest BCUT2D eigenvalue weighted by atomic mass is 9.87. The van der Waals surface area contributed by atoms with Crippen molar-refractivity contribution >= 4 is 11.6 Å². The number of aromatic nitrogens is 2. The molecule has 1 aromatic rings. The third-order valence-corrected chi connectivity index (χ3v) is 3.47. The topological polar surface area (TPSA) is 17.8 Å². The minimum Gasteiger partial charge on any atom is -0.334 e. The molecule has 1 heterocycles. The van der Waals surface area contributed by atoms with Gasteiger partial charge in [0.15, 0.2) is 0 Å². The average Bonchev–Trinajstić information content (AvgIpc) is 2.67. The Kier molecular flexibility index (Phi) is 3.12. The van der Waals surface area contributed by atoms with E-state index in [4.69, 9.17) is 11.6 Å². The molecular formula is C11H17ClN2. The van der Waals surface area contributed by atoms with E-state index in [-0.39, 0.29) is 0 Å². The predicted molar refractivity (Wildman–Crippen MR) is 58.5 cm³/mol. The Balaban J connectivity index is 2.01. The van der Waals surface area contributed by atoms with Crippen molar-refractivity contribution in [1.82, 2.24) is 9.55 Å². The molecule has 1 aliphatic rings. The molecule has 1 saturated carbocycles. The van der Waals surface area contributed by atoms with Gasteiger partial charge in [-0.25, -0.2) is 4.98 Å². The molecular weight excluding hydrogens is 196 g/mol. The Labute approximate surface area is 90.3 Å². The van der Waals surface area contributed by atoms with Gasteiger partial charge in [0.25, 0.3) is 0 Å². The van der Waals surface area contributed by atoms with Gasteiger partial charge < -0.3 is 4.57 Å². The van der Waals surface area contributed by atoms with E-state index in [1.165, 1.54) is 25.7 Å². The number of halogens is 1. The molecule has 0 aliphatic heterocycles. The van der Waals surface area contributed by atoms with Crippen molar-refractivity contribution in [3.05, 3.63) is 18.2 Å². The third kappa shape index (κ3) is 2.11. The van der Waals surface area contributed by atoms with Gasteiger partial charge in [0, 0.05) is 12.2 Å². The molecule has 0 unspecified atom stereocenters. The minimum atomic E-state index is 0.524. The smallest absolute Gasteiger partial charge is 0.0952 e. The second-order valence-electron chi connectivity index (χ2n) is 4.36. The maximum atomic E-state index is 5.73. The van der Waals surface area contributed by atoms with Gasteiger partial charge in [-0.2, -0.15) is 0 Å². The standard InChI is InChI=1S/C11H17ClN2/c1-9-2-4-11(5-3-9)14-7-10(6-12)13-8-14/h7-9,11H,2-6H2,1H3. The van der Waals surface area contributed by atoms with Crippen LogP contribution < -0.4 is 0 Å². The fraction of sp³-hybridized carbons (Fsp3) is 0.727. The summed E-state index contributed by atoms with van der Waals surface area (Å²) in [6.45, 7) is 2.34. The summed E-state index contributed by atoms with van der Waals surface area (Å²) in [5.74, 6) is 1.43. The van der Waals surface area contributed by atoms with Gasteiger partial charge in [-0.15, -0.1) is 11.6 Å². The van der Waals surface area contributed by atoms with Crippen LogP contribution in [0.4, 0.5) is 0 Å². The summed E-state index contributed by atoms with van der Waals surface area (Å²) in [7, 11) is 0. The molecule has 0 aromatic carbocycles. The maximum Gasteiger partial charge on any atom is 0.0952 e. The Morgan fingerprint density at radius 2 is 2.14 bits per heavy atom. The van der Waals surface area contributed by atoms with Gasteiger partial charge in [0.05, 0.1) is 17.9 Å². The molecule has 0 spiro atoms. The van der Waals surface area contributed by atoms with Crippen molar-refractivity contribution in [1.29, 1.82) is 0 Å². The van der Waals surface area contributed by atoms with Crippen LogP contribution in [0.25, 0.3) is 0 Å². The largest absolute Gasteiger partial charge is 0.334 e. The van der Waals surface area contributed by atoms with Crippen LogP contribution in [-0.2, 0) is 5.88 Å². The van der Waals surface area contributed by atoms with Crippen molar-refractivity contribution in [2.75, 3.05) is 0 Å². The van der Waals surface area contributed by atoms with E-state index < -0.39 is 0 Å². The first-order valence-corrected chi connectivity index (χ1v) is 5.91. The molecule has 3 heteroatoms. The molecule has 0 atom stereocenters. The monoisotopic (exact) mass is 212 g/mol. The molecule has 0 bridgehead atoms. The quantitative estimate of drug-likeness (QED) is 0.688. The fourth-order valence-corrected chi connectivity index (χ4v) is 2.33. The van der Waals surface area contributed by atoms with Gasteiger partial charge >= 0.3 is 0 Å². The van der Waals surface area contributed by atoms with Crippen LogP contribution in [0.2, 0.25) is 0 Å². The highest BCUT2D eigenvalue weighted by Crippen LogP contribution is 2.31. The highest BCUT2D eigenvalue weighted by atomic mass is 35.5. The second-order valence-corrected chi connectivity index (χ2v) is 4.63. The van der Waals surface area contributed by atoms with Crippen molar-refractivity contribution < 1.29 is 0 Å². The summed E-state index contributed by atoms with van der Waals surface area (Å²) in [4.78, 5) is 4.26. The number of rotatable bonds is 2. The Bertz CT molecular complexity index is 287. The highest BCUT2D eigenvalue weighted by molar-refractivity contribution is 6.16. The lowest BCUT2D eigenvalue weighted by molar-refractivity contribution is 0.289. The second kappa shape index (κ2) is 4.35. The van der Waals surface area contributed by atoms with Crippen LogP contribution in [-0.4, -0.2) is 9.55 Å². The van der Waals surface area contributed by atoms with E-state index in [2.05, 4.69) is 22.7 Å². The molecule has 0 saturated heterocycles. The van der Waals surface area contributed by atoms with E-state index in [9.17, 15) is 0 Å². The van der Waals surface area contributed by atoms with Crippen molar-refractivity contribution in [2.45, 2.75) is 44.5 Å². The fourth-order valence-electron chi connectivity index (χ4n) is 2.19. The number of nitrogens with zero attached hydrogens (tertiary/aromatic N) is 2. The Morgan fingerprint density at radius 3 is 2.71 bits per heavy atom. The molecule has 2 rings (SSSR count). The minimum absolute atomic E-state index is 0.524. The van der Waals surface area contributed by atoms with Crippen LogP contribution in [0.3, 0.4) is 0 Å². The maximum absolute atomic E-state index is 5.73. The third-order valence-electron chi connectivity index (χ3n) is 3.20. The zero-order chi connectivity index (χ0) is 9.97. The summed E-state index contributed by atoms with van der Waals surface area (Å²) in [6, 6.07) is 0.663. The zero-order valence-corrected chi connectivity index (χ0v) is 9.37. The van der Waals surface area contributed by atoms with E-state index in [0.717, 1.165) is 11.6 Å².